The summed E-state index contributed by atoms with van der Waals surface area (Å²) in [7, 11) is 0. The van der Waals surface area contributed by atoms with Gasteiger partial charge in [-0.2, -0.15) is 0 Å². The lowest BCUT2D eigenvalue weighted by Gasteiger charge is -1.97. The van der Waals surface area contributed by atoms with Gasteiger partial charge < -0.3 is 0 Å². The highest BCUT2D eigenvalue weighted by Crippen LogP contribution is 2.38. The molecule has 1 heterocycles. The van der Waals surface area contributed by atoms with E-state index >= 15 is 0 Å². The van der Waals surface area contributed by atoms with Crippen molar-refractivity contribution in [2.75, 3.05) is 5.33 Å². The first-order valence-electron chi connectivity index (χ1n) is 4.22. The number of carbonyl (C=O) groups is 1. The molecule has 0 unspecified atom stereocenters. The van der Waals surface area contributed by atoms with Gasteiger partial charge in [0.15, 0.2) is 5.78 Å². The summed E-state index contributed by atoms with van der Waals surface area (Å²) in [6.07, 6.45) is 5.70. The first-order valence-corrected chi connectivity index (χ1v) is 5.34. The quantitative estimate of drug-likeness (QED) is 0.599. The second-order valence-corrected chi connectivity index (χ2v) is 3.72. The van der Waals surface area contributed by atoms with Gasteiger partial charge in [-0.05, 0) is 12.8 Å². The van der Waals surface area contributed by atoms with Gasteiger partial charge in [-0.25, -0.2) is 4.98 Å². The molecule has 4 heteroatoms. The average Bonchev–Trinajstić information content (AvgIpc) is 3.00. The molecule has 1 aliphatic carbocycles. The van der Waals surface area contributed by atoms with E-state index in [9.17, 15) is 4.79 Å². The summed E-state index contributed by atoms with van der Waals surface area (Å²) in [6.45, 7) is 0. The van der Waals surface area contributed by atoms with Gasteiger partial charge in [-0.1, -0.05) is 15.9 Å². The van der Waals surface area contributed by atoms with Crippen LogP contribution in [0.2, 0.25) is 0 Å². The Labute approximate surface area is 84.7 Å². The van der Waals surface area contributed by atoms with Gasteiger partial charge in [0, 0.05) is 12.1 Å². The molecule has 0 radical (unpaired) electrons. The molecule has 0 atom stereocenters. The van der Waals surface area contributed by atoms with Gasteiger partial charge in [-0.15, -0.1) is 0 Å². The predicted octanol–water partition coefficient (Wildman–Crippen LogP) is 1.93. The van der Waals surface area contributed by atoms with Crippen LogP contribution in [0.5, 0.6) is 0 Å². The lowest BCUT2D eigenvalue weighted by molar-refractivity contribution is 0.101. The fourth-order valence-electron chi connectivity index (χ4n) is 1.14. The van der Waals surface area contributed by atoms with Crippen LogP contribution in [-0.2, 0) is 0 Å². The monoisotopic (exact) mass is 240 g/mol. The number of rotatable bonds is 3. The van der Waals surface area contributed by atoms with Crippen LogP contribution in [0.25, 0.3) is 0 Å². The average molecular weight is 241 g/mol. The second-order valence-electron chi connectivity index (χ2n) is 3.16. The lowest BCUT2D eigenvalue weighted by Crippen LogP contribution is -2.04. The molecule has 3 nitrogen and oxygen atoms in total. The van der Waals surface area contributed by atoms with Crippen LogP contribution in [0, 0.1) is 0 Å². The van der Waals surface area contributed by atoms with Crippen molar-refractivity contribution in [2.24, 2.45) is 0 Å². The molecule has 1 aromatic heterocycles. The molecule has 0 bridgehead atoms. The number of ketones is 1. The topological polar surface area (TPSA) is 42.9 Å². The highest BCUT2D eigenvalue weighted by molar-refractivity contribution is 9.09. The van der Waals surface area contributed by atoms with Gasteiger partial charge in [0.1, 0.15) is 5.69 Å². The van der Waals surface area contributed by atoms with Crippen molar-refractivity contribution in [3.63, 3.8) is 0 Å². The van der Waals surface area contributed by atoms with Gasteiger partial charge in [-0.3, -0.25) is 9.78 Å². The first-order chi connectivity index (χ1) is 6.31. The SMILES string of the molecule is O=C(CBr)c1cnc(C2CC2)cn1. The fourth-order valence-corrected chi connectivity index (χ4v) is 1.43. The molecule has 0 aliphatic heterocycles. The van der Waals surface area contributed by atoms with Crippen molar-refractivity contribution in [3.8, 4) is 0 Å². The number of Topliss-reactive ketones (excluding diaryl/α,β-unsaturated/α-hetero) is 1. The smallest absolute Gasteiger partial charge is 0.193 e. The second kappa shape index (κ2) is 3.54. The maximum Gasteiger partial charge on any atom is 0.193 e. The number of aromatic nitrogens is 2. The van der Waals surface area contributed by atoms with E-state index in [2.05, 4.69) is 25.9 Å². The normalized spacial score (nSPS) is 15.8. The van der Waals surface area contributed by atoms with Gasteiger partial charge in [0.05, 0.1) is 17.2 Å². The van der Waals surface area contributed by atoms with Crippen molar-refractivity contribution < 1.29 is 4.79 Å². The minimum absolute atomic E-state index is 0.0187. The van der Waals surface area contributed by atoms with Crippen LogP contribution in [0.3, 0.4) is 0 Å². The zero-order valence-corrected chi connectivity index (χ0v) is 8.62. The van der Waals surface area contributed by atoms with E-state index in [1.54, 1.807) is 12.4 Å². The number of hydrogen-bond donors (Lipinski definition) is 0. The Morgan fingerprint density at radius 2 is 2.23 bits per heavy atom. The third-order valence-corrected chi connectivity index (χ3v) is 2.58. The Hall–Kier alpha value is -0.770. The molecular weight excluding hydrogens is 232 g/mol. The van der Waals surface area contributed by atoms with Gasteiger partial charge in [0.2, 0.25) is 0 Å². The molecule has 1 fully saturated rings. The van der Waals surface area contributed by atoms with E-state index in [0.717, 1.165) is 5.69 Å². The fraction of sp³-hybridized carbons (Fsp3) is 0.444. The number of halogens is 1. The summed E-state index contributed by atoms with van der Waals surface area (Å²) in [4.78, 5) is 19.4. The molecule has 2 rings (SSSR count). The molecule has 0 aromatic carbocycles. The van der Waals surface area contributed by atoms with Crippen molar-refractivity contribution in [1.82, 2.24) is 9.97 Å². The van der Waals surface area contributed by atoms with E-state index in [1.807, 2.05) is 0 Å². The maximum atomic E-state index is 11.2. The van der Waals surface area contributed by atoms with Crippen LogP contribution in [0.4, 0.5) is 0 Å². The number of nitrogens with zero attached hydrogens (tertiary/aromatic N) is 2. The van der Waals surface area contributed by atoms with Crippen LogP contribution in [-0.4, -0.2) is 21.1 Å². The van der Waals surface area contributed by atoms with Crippen molar-refractivity contribution in [2.45, 2.75) is 18.8 Å². The van der Waals surface area contributed by atoms with Gasteiger partial charge >= 0.3 is 0 Å². The van der Waals surface area contributed by atoms with Crippen molar-refractivity contribution >= 4 is 21.7 Å². The molecule has 68 valence electrons. The summed E-state index contributed by atoms with van der Waals surface area (Å²) >= 11 is 3.09. The number of carbonyl (C=O) groups excluding carboxylic acids is 1. The summed E-state index contributed by atoms with van der Waals surface area (Å²) < 4.78 is 0. The predicted molar refractivity (Wildman–Crippen MR) is 52.1 cm³/mol. The molecule has 0 saturated heterocycles. The minimum Gasteiger partial charge on any atom is -0.291 e. The standard InChI is InChI=1S/C9H9BrN2O/c10-3-9(13)8-5-11-7(4-12-8)6-1-2-6/h4-6H,1-3H2. The summed E-state index contributed by atoms with van der Waals surface area (Å²) in [5, 5.41) is 0.310. The van der Waals surface area contributed by atoms with Crippen LogP contribution in [0.1, 0.15) is 34.9 Å². The van der Waals surface area contributed by atoms with Crippen LogP contribution >= 0.6 is 15.9 Å². The summed E-state index contributed by atoms with van der Waals surface area (Å²) in [5.74, 6) is 0.579. The minimum atomic E-state index is -0.0187. The van der Waals surface area contributed by atoms with E-state index in [0.29, 0.717) is 16.9 Å². The maximum absolute atomic E-state index is 11.2. The molecule has 1 saturated carbocycles. The largest absolute Gasteiger partial charge is 0.291 e. The van der Waals surface area contributed by atoms with Crippen LogP contribution in [0.15, 0.2) is 12.4 Å². The molecule has 1 aromatic rings. The number of alkyl halides is 1. The third kappa shape index (κ3) is 1.94. The highest BCUT2D eigenvalue weighted by Gasteiger charge is 2.25. The summed E-state index contributed by atoms with van der Waals surface area (Å²) in [6, 6.07) is 0. The number of hydrogen-bond acceptors (Lipinski definition) is 3. The molecule has 1 aliphatic rings. The third-order valence-electron chi connectivity index (χ3n) is 2.07. The Balaban J connectivity index is 2.17. The molecule has 13 heavy (non-hydrogen) atoms. The Morgan fingerprint density at radius 1 is 1.46 bits per heavy atom. The molecular formula is C9H9BrN2O. The van der Waals surface area contributed by atoms with E-state index in [1.165, 1.54) is 12.8 Å². The van der Waals surface area contributed by atoms with E-state index in [4.69, 9.17) is 0 Å². The van der Waals surface area contributed by atoms with E-state index in [-0.39, 0.29) is 5.78 Å². The zero-order valence-electron chi connectivity index (χ0n) is 7.03. The lowest BCUT2D eigenvalue weighted by atomic mass is 10.3. The summed E-state index contributed by atoms with van der Waals surface area (Å²) in [5.41, 5.74) is 1.47. The zero-order chi connectivity index (χ0) is 9.26. The van der Waals surface area contributed by atoms with Crippen molar-refractivity contribution in [3.05, 3.63) is 23.8 Å². The van der Waals surface area contributed by atoms with Gasteiger partial charge in [0.25, 0.3) is 0 Å². The molecule has 0 spiro atoms. The van der Waals surface area contributed by atoms with Crippen LogP contribution < -0.4 is 0 Å². The van der Waals surface area contributed by atoms with Crippen molar-refractivity contribution in [1.29, 1.82) is 0 Å². The first kappa shape index (κ1) is 8.81. The molecule has 0 amide bonds. The molecule has 0 N–H and O–H groups in total. The Kier molecular flexibility index (Phi) is 2.40. The Morgan fingerprint density at radius 3 is 2.69 bits per heavy atom. The van der Waals surface area contributed by atoms with E-state index < -0.39 is 0 Å². The highest BCUT2D eigenvalue weighted by atomic mass is 79.9. The Bertz CT molecular complexity index is 319.